The molecule has 0 spiro atoms. The molecule has 1 aliphatic carbocycles. The summed E-state index contributed by atoms with van der Waals surface area (Å²) in [5.74, 6) is 0.822. The number of rotatable bonds is 3. The molecule has 0 amide bonds. The first kappa shape index (κ1) is 18.2. The van der Waals surface area contributed by atoms with Gasteiger partial charge < -0.3 is 15.6 Å². The molecule has 0 saturated heterocycles. The quantitative estimate of drug-likeness (QED) is 0.351. The Morgan fingerprint density at radius 1 is 1.36 bits per heavy atom. The molecular formula is C21H26FN5O. The molecule has 1 aromatic heterocycles. The summed E-state index contributed by atoms with van der Waals surface area (Å²) in [4.78, 5) is 4.17. The number of aliphatic imine (C=N–C) groups is 1. The maximum atomic E-state index is 13.4. The third kappa shape index (κ3) is 3.75. The van der Waals surface area contributed by atoms with E-state index in [1.165, 1.54) is 6.26 Å². The molecule has 2 aromatic rings. The van der Waals surface area contributed by atoms with Gasteiger partial charge in [-0.2, -0.15) is 0 Å². The average molecular weight is 383 g/mol. The Morgan fingerprint density at radius 2 is 2.25 bits per heavy atom. The number of anilines is 1. The summed E-state index contributed by atoms with van der Waals surface area (Å²) in [6.07, 6.45) is 9.03. The Balaban J connectivity index is 0.00000160. The molecule has 2 heterocycles. The lowest BCUT2D eigenvalue weighted by Crippen LogP contribution is -2.25. The van der Waals surface area contributed by atoms with Crippen molar-refractivity contribution in [1.82, 2.24) is 5.43 Å². The SMILES string of the molecule is N=C(N=C(N)c1ccco1)c1ccc2c(c1)C(C1/C=C\C/C(F)=C\CC1)NN2.[HH].[HH]. The number of hydrazine groups is 1. The van der Waals surface area contributed by atoms with Crippen LogP contribution in [0.4, 0.5) is 10.1 Å². The highest BCUT2D eigenvalue weighted by Crippen LogP contribution is 2.37. The monoisotopic (exact) mass is 383 g/mol. The van der Waals surface area contributed by atoms with Gasteiger partial charge in [-0.05, 0) is 54.7 Å². The van der Waals surface area contributed by atoms with Crippen LogP contribution in [0.5, 0.6) is 0 Å². The van der Waals surface area contributed by atoms with Gasteiger partial charge in [0.1, 0.15) is 0 Å². The van der Waals surface area contributed by atoms with Crippen molar-refractivity contribution in [2.24, 2.45) is 16.6 Å². The summed E-state index contributed by atoms with van der Waals surface area (Å²) in [5.41, 5.74) is 15.2. The molecule has 4 rings (SSSR count). The van der Waals surface area contributed by atoms with Gasteiger partial charge in [-0.3, -0.25) is 5.41 Å². The van der Waals surface area contributed by atoms with Crippen molar-refractivity contribution in [3.63, 3.8) is 0 Å². The van der Waals surface area contributed by atoms with Crippen LogP contribution in [0.15, 0.2) is 70.1 Å². The summed E-state index contributed by atoms with van der Waals surface area (Å²) < 4.78 is 18.7. The summed E-state index contributed by atoms with van der Waals surface area (Å²) in [6, 6.07) is 9.19. The van der Waals surface area contributed by atoms with E-state index in [0.29, 0.717) is 24.2 Å². The number of fused-ring (bicyclic) bond motifs is 1. The third-order valence-electron chi connectivity index (χ3n) is 5.02. The standard InChI is InChI=1S/C21H22FN5O.2H2/c22-15-6-1-4-13(5-2-7-15)19-16-12-14(9-10-17(16)26-27-19)20(23)25-21(24)18-8-3-11-28-18;;/h1,3-4,7-13,19,26-27H,2,5-6H2,(H3,23,24,25);2*1H/b4-1-,15-7+;;. The molecule has 28 heavy (non-hydrogen) atoms. The number of amidine groups is 2. The minimum atomic E-state index is -0.0738. The number of allylic oxidation sites excluding steroid dienone is 3. The molecule has 6 nitrogen and oxygen atoms in total. The average Bonchev–Trinajstić information content (AvgIpc) is 3.34. The summed E-state index contributed by atoms with van der Waals surface area (Å²) in [7, 11) is 0. The molecule has 7 heteroatoms. The Morgan fingerprint density at radius 3 is 3.07 bits per heavy atom. The Labute approximate surface area is 165 Å². The molecule has 0 bridgehead atoms. The van der Waals surface area contributed by atoms with Crippen molar-refractivity contribution in [1.29, 1.82) is 5.41 Å². The van der Waals surface area contributed by atoms with Gasteiger partial charge in [0, 0.05) is 14.8 Å². The van der Waals surface area contributed by atoms with Crippen molar-refractivity contribution < 1.29 is 11.7 Å². The molecule has 2 unspecified atom stereocenters. The highest BCUT2D eigenvalue weighted by atomic mass is 19.1. The maximum absolute atomic E-state index is 13.4. The second-order valence-electron chi connectivity index (χ2n) is 6.90. The number of hydrogen-bond acceptors (Lipinski definition) is 4. The Kier molecular flexibility index (Phi) is 5.08. The lowest BCUT2D eigenvalue weighted by molar-refractivity contribution is 0.439. The highest BCUT2D eigenvalue weighted by molar-refractivity contribution is 6.08. The molecule has 148 valence electrons. The molecule has 0 radical (unpaired) electrons. The van der Waals surface area contributed by atoms with Crippen LogP contribution in [0.2, 0.25) is 0 Å². The summed E-state index contributed by atoms with van der Waals surface area (Å²) in [6.45, 7) is 0. The van der Waals surface area contributed by atoms with Crippen molar-refractivity contribution in [3.8, 4) is 0 Å². The molecule has 1 aromatic carbocycles. The molecule has 2 aliphatic rings. The summed E-state index contributed by atoms with van der Waals surface area (Å²) >= 11 is 0. The minimum absolute atomic E-state index is 0. The molecule has 0 fully saturated rings. The van der Waals surface area contributed by atoms with Crippen molar-refractivity contribution >= 4 is 17.4 Å². The van der Waals surface area contributed by atoms with E-state index < -0.39 is 0 Å². The van der Waals surface area contributed by atoms with Crippen LogP contribution in [0.3, 0.4) is 0 Å². The first-order chi connectivity index (χ1) is 13.6. The zero-order chi connectivity index (χ0) is 19.5. The van der Waals surface area contributed by atoms with E-state index >= 15 is 0 Å². The predicted molar refractivity (Wildman–Crippen MR) is 112 cm³/mol. The van der Waals surface area contributed by atoms with Crippen LogP contribution in [-0.4, -0.2) is 11.7 Å². The van der Waals surface area contributed by atoms with Crippen molar-refractivity contribution in [2.75, 3.05) is 5.43 Å². The van der Waals surface area contributed by atoms with Crippen LogP contribution < -0.4 is 16.6 Å². The Bertz CT molecular complexity index is 972. The minimum Gasteiger partial charge on any atom is -0.461 e. The van der Waals surface area contributed by atoms with Crippen molar-refractivity contribution in [3.05, 3.63) is 77.5 Å². The topological polar surface area (TPSA) is 99.4 Å². The smallest absolute Gasteiger partial charge is 0.169 e. The van der Waals surface area contributed by atoms with Gasteiger partial charge in [-0.1, -0.05) is 18.2 Å². The third-order valence-corrected chi connectivity index (χ3v) is 5.02. The lowest BCUT2D eigenvalue weighted by Gasteiger charge is -2.21. The molecule has 1 aliphatic heterocycles. The number of nitrogens with two attached hydrogens (primary N) is 1. The fourth-order valence-electron chi connectivity index (χ4n) is 3.56. The number of nitrogens with one attached hydrogen (secondary N) is 3. The Hall–Kier alpha value is -3.19. The second kappa shape index (κ2) is 7.82. The van der Waals surface area contributed by atoms with E-state index in [2.05, 4.69) is 21.9 Å². The normalized spacial score (nSPS) is 25.0. The number of hydrogen-bond donors (Lipinski definition) is 4. The number of halogens is 1. The van der Waals surface area contributed by atoms with Gasteiger partial charge in [0.25, 0.3) is 0 Å². The van der Waals surface area contributed by atoms with Gasteiger partial charge in [-0.15, -0.1) is 0 Å². The van der Waals surface area contributed by atoms with E-state index in [1.54, 1.807) is 18.2 Å². The van der Waals surface area contributed by atoms with E-state index in [0.717, 1.165) is 17.7 Å². The predicted octanol–water partition coefficient (Wildman–Crippen LogP) is 4.68. The van der Waals surface area contributed by atoms with E-state index in [4.69, 9.17) is 15.6 Å². The van der Waals surface area contributed by atoms with Gasteiger partial charge in [0.15, 0.2) is 17.4 Å². The first-order valence-electron chi connectivity index (χ1n) is 9.25. The van der Waals surface area contributed by atoms with E-state index in [9.17, 15) is 4.39 Å². The van der Waals surface area contributed by atoms with Gasteiger partial charge in [-0.25, -0.2) is 14.8 Å². The number of nitrogens with zero attached hydrogens (tertiary/aromatic N) is 1. The number of benzene rings is 1. The van der Waals surface area contributed by atoms with Gasteiger partial charge in [0.05, 0.1) is 23.8 Å². The fourth-order valence-corrected chi connectivity index (χ4v) is 3.56. The maximum Gasteiger partial charge on any atom is 0.169 e. The van der Waals surface area contributed by atoms with E-state index in [1.807, 2.05) is 24.3 Å². The molecule has 5 N–H and O–H groups in total. The van der Waals surface area contributed by atoms with Crippen LogP contribution in [0.1, 0.15) is 45.0 Å². The van der Waals surface area contributed by atoms with Crippen LogP contribution in [0, 0.1) is 11.3 Å². The van der Waals surface area contributed by atoms with Crippen LogP contribution >= 0.6 is 0 Å². The summed E-state index contributed by atoms with van der Waals surface area (Å²) in [5, 5.41) is 8.31. The zero-order valence-corrected chi connectivity index (χ0v) is 15.3. The van der Waals surface area contributed by atoms with E-state index in [-0.39, 0.29) is 32.3 Å². The fraction of sp³-hybridized carbons (Fsp3) is 0.238. The lowest BCUT2D eigenvalue weighted by atomic mass is 9.87. The van der Waals surface area contributed by atoms with Crippen LogP contribution in [-0.2, 0) is 0 Å². The van der Waals surface area contributed by atoms with Gasteiger partial charge >= 0.3 is 0 Å². The number of furan rings is 1. The zero-order valence-electron chi connectivity index (χ0n) is 15.3. The molecule has 2 atom stereocenters. The highest BCUT2D eigenvalue weighted by Gasteiger charge is 2.28. The first-order valence-corrected chi connectivity index (χ1v) is 9.25. The van der Waals surface area contributed by atoms with Crippen LogP contribution in [0.25, 0.3) is 0 Å². The molecular weight excluding hydrogens is 357 g/mol. The van der Waals surface area contributed by atoms with Gasteiger partial charge in [0.2, 0.25) is 0 Å². The second-order valence-corrected chi connectivity index (χ2v) is 6.90. The largest absolute Gasteiger partial charge is 0.461 e. The molecule has 0 saturated carbocycles. The van der Waals surface area contributed by atoms with Crippen molar-refractivity contribution in [2.45, 2.75) is 25.3 Å².